The Morgan fingerprint density at radius 1 is 1.08 bits per heavy atom. The maximum atomic E-state index is 13.1. The van der Waals surface area contributed by atoms with E-state index in [4.69, 9.17) is 4.74 Å². The standard InChI is InChI=1S/C18H27N3O3S.ClH/c22-25(23,20-9-1-12-24-13-11-20)17-3-2-15-6-10-21(18(15)14-17)16-4-7-19-8-5-16;/h2-3,14,16,19H,1,4-13H2;1H. The Morgan fingerprint density at radius 3 is 2.69 bits per heavy atom. The molecule has 1 aromatic rings. The number of sulfonamides is 1. The van der Waals surface area contributed by atoms with Crippen LogP contribution in [0.4, 0.5) is 5.69 Å². The first-order chi connectivity index (χ1) is 12.2. The lowest BCUT2D eigenvalue weighted by molar-refractivity contribution is 0.148. The third-order valence-electron chi connectivity index (χ3n) is 5.56. The zero-order chi connectivity index (χ0) is 17.3. The second kappa shape index (κ2) is 8.44. The van der Waals surface area contributed by atoms with E-state index in [0.717, 1.165) is 51.0 Å². The van der Waals surface area contributed by atoms with E-state index >= 15 is 0 Å². The van der Waals surface area contributed by atoms with Crippen molar-refractivity contribution in [2.45, 2.75) is 36.6 Å². The molecule has 1 aromatic carbocycles. The number of hydrogen-bond donors (Lipinski definition) is 1. The molecule has 0 bridgehead atoms. The van der Waals surface area contributed by atoms with Gasteiger partial charge in [0, 0.05) is 38.0 Å². The highest BCUT2D eigenvalue weighted by molar-refractivity contribution is 7.89. The van der Waals surface area contributed by atoms with Crippen LogP contribution in [0.2, 0.25) is 0 Å². The summed E-state index contributed by atoms with van der Waals surface area (Å²) < 4.78 is 33.1. The first kappa shape index (κ1) is 19.9. The average molecular weight is 402 g/mol. The Balaban J connectivity index is 0.00000196. The fourth-order valence-electron chi connectivity index (χ4n) is 4.15. The summed E-state index contributed by atoms with van der Waals surface area (Å²) in [4.78, 5) is 2.86. The number of nitrogens with zero attached hydrogens (tertiary/aromatic N) is 2. The summed E-state index contributed by atoms with van der Waals surface area (Å²) in [6, 6.07) is 6.22. The molecule has 3 heterocycles. The molecular formula is C18H28ClN3O3S. The average Bonchev–Trinajstić information content (AvgIpc) is 2.86. The molecule has 2 fully saturated rings. The minimum atomic E-state index is -3.45. The van der Waals surface area contributed by atoms with Crippen LogP contribution in [0.3, 0.4) is 0 Å². The van der Waals surface area contributed by atoms with E-state index in [1.807, 2.05) is 12.1 Å². The highest BCUT2D eigenvalue weighted by Gasteiger charge is 2.31. The second-order valence-corrected chi connectivity index (χ2v) is 9.02. The molecule has 6 nitrogen and oxygen atoms in total. The maximum absolute atomic E-state index is 13.1. The van der Waals surface area contributed by atoms with Crippen molar-refractivity contribution in [3.05, 3.63) is 23.8 Å². The van der Waals surface area contributed by atoms with E-state index in [1.54, 1.807) is 10.4 Å². The van der Waals surface area contributed by atoms with Crippen LogP contribution < -0.4 is 10.2 Å². The Bertz CT molecular complexity index is 714. The lowest BCUT2D eigenvalue weighted by Gasteiger charge is -2.34. The second-order valence-electron chi connectivity index (χ2n) is 7.09. The molecule has 2 saturated heterocycles. The van der Waals surface area contributed by atoms with Gasteiger partial charge in [0.25, 0.3) is 0 Å². The Morgan fingerprint density at radius 2 is 1.88 bits per heavy atom. The van der Waals surface area contributed by atoms with Crippen LogP contribution >= 0.6 is 12.4 Å². The van der Waals surface area contributed by atoms with E-state index in [9.17, 15) is 8.42 Å². The van der Waals surface area contributed by atoms with Gasteiger partial charge in [-0.2, -0.15) is 4.31 Å². The third-order valence-corrected chi connectivity index (χ3v) is 7.45. The Labute approximate surface area is 162 Å². The molecule has 0 unspecified atom stereocenters. The highest BCUT2D eigenvalue weighted by atomic mass is 35.5. The number of hydrogen-bond acceptors (Lipinski definition) is 5. The molecule has 0 aromatic heterocycles. The largest absolute Gasteiger partial charge is 0.380 e. The van der Waals surface area contributed by atoms with Gasteiger partial charge in [0.2, 0.25) is 10.0 Å². The summed E-state index contributed by atoms with van der Waals surface area (Å²) in [5, 5.41) is 3.41. The summed E-state index contributed by atoms with van der Waals surface area (Å²) in [7, 11) is -3.45. The lowest BCUT2D eigenvalue weighted by Crippen LogP contribution is -2.42. The number of benzene rings is 1. The quantitative estimate of drug-likeness (QED) is 0.834. The van der Waals surface area contributed by atoms with E-state index < -0.39 is 10.0 Å². The van der Waals surface area contributed by atoms with Crippen molar-refractivity contribution in [2.75, 3.05) is 50.8 Å². The van der Waals surface area contributed by atoms with Crippen LogP contribution in [-0.2, 0) is 21.2 Å². The first-order valence-corrected chi connectivity index (χ1v) is 10.8. The number of piperidine rings is 1. The summed E-state index contributed by atoms with van der Waals surface area (Å²) >= 11 is 0. The number of ether oxygens (including phenoxy) is 1. The topological polar surface area (TPSA) is 61.9 Å². The van der Waals surface area contributed by atoms with Gasteiger partial charge in [-0.15, -0.1) is 12.4 Å². The van der Waals surface area contributed by atoms with Crippen molar-refractivity contribution in [1.29, 1.82) is 0 Å². The Kier molecular flexibility index (Phi) is 6.45. The number of anilines is 1. The predicted octanol–water partition coefficient (Wildman–Crippen LogP) is 1.63. The van der Waals surface area contributed by atoms with Crippen LogP contribution in [0.15, 0.2) is 23.1 Å². The highest BCUT2D eigenvalue weighted by Crippen LogP contribution is 2.34. The third kappa shape index (κ3) is 3.87. The number of nitrogens with one attached hydrogen (secondary N) is 1. The summed E-state index contributed by atoms with van der Waals surface area (Å²) in [5.41, 5.74) is 2.40. The molecule has 146 valence electrons. The Hall–Kier alpha value is -0.860. The van der Waals surface area contributed by atoms with Crippen molar-refractivity contribution < 1.29 is 13.2 Å². The molecule has 0 spiro atoms. The molecule has 0 radical (unpaired) electrons. The van der Waals surface area contributed by atoms with Gasteiger partial charge >= 0.3 is 0 Å². The zero-order valence-electron chi connectivity index (χ0n) is 15.0. The van der Waals surface area contributed by atoms with Crippen LogP contribution in [0.5, 0.6) is 0 Å². The van der Waals surface area contributed by atoms with Gasteiger partial charge in [-0.3, -0.25) is 0 Å². The van der Waals surface area contributed by atoms with Crippen molar-refractivity contribution in [3.8, 4) is 0 Å². The summed E-state index contributed by atoms with van der Waals surface area (Å²) in [6.07, 6.45) is 4.02. The van der Waals surface area contributed by atoms with Gasteiger partial charge in [0.15, 0.2) is 0 Å². The van der Waals surface area contributed by atoms with Gasteiger partial charge in [-0.25, -0.2) is 8.42 Å². The molecular weight excluding hydrogens is 374 g/mol. The fourth-order valence-corrected chi connectivity index (χ4v) is 5.64. The molecule has 0 saturated carbocycles. The maximum Gasteiger partial charge on any atom is 0.243 e. The van der Waals surface area contributed by atoms with Gasteiger partial charge in [0.05, 0.1) is 11.5 Å². The van der Waals surface area contributed by atoms with Gasteiger partial charge < -0.3 is 15.0 Å². The van der Waals surface area contributed by atoms with Gasteiger partial charge in [-0.05, 0) is 56.5 Å². The van der Waals surface area contributed by atoms with Crippen LogP contribution in [0, 0.1) is 0 Å². The normalized spacial score (nSPS) is 22.5. The molecule has 3 aliphatic rings. The van der Waals surface area contributed by atoms with E-state index in [0.29, 0.717) is 37.2 Å². The van der Waals surface area contributed by atoms with E-state index in [1.165, 1.54) is 5.56 Å². The molecule has 3 aliphatic heterocycles. The predicted molar refractivity (Wildman–Crippen MR) is 105 cm³/mol. The SMILES string of the molecule is Cl.O=S(=O)(c1ccc2c(c1)N(C1CCNCC1)CC2)N1CCCOCC1. The molecule has 1 N–H and O–H groups in total. The molecule has 0 aliphatic carbocycles. The van der Waals surface area contributed by atoms with Crippen molar-refractivity contribution >= 4 is 28.1 Å². The summed E-state index contributed by atoms with van der Waals surface area (Å²) in [6.45, 7) is 5.19. The molecule has 0 atom stereocenters. The van der Waals surface area contributed by atoms with Crippen LogP contribution in [-0.4, -0.2) is 64.7 Å². The van der Waals surface area contributed by atoms with Crippen LogP contribution in [0.1, 0.15) is 24.8 Å². The molecule has 8 heteroatoms. The fraction of sp³-hybridized carbons (Fsp3) is 0.667. The van der Waals surface area contributed by atoms with Crippen molar-refractivity contribution in [3.63, 3.8) is 0 Å². The molecule has 26 heavy (non-hydrogen) atoms. The van der Waals surface area contributed by atoms with Crippen LogP contribution in [0.25, 0.3) is 0 Å². The number of fused-ring (bicyclic) bond motifs is 1. The monoisotopic (exact) mass is 401 g/mol. The summed E-state index contributed by atoms with van der Waals surface area (Å²) in [5.74, 6) is 0. The van der Waals surface area contributed by atoms with Crippen molar-refractivity contribution in [2.24, 2.45) is 0 Å². The van der Waals surface area contributed by atoms with E-state index in [2.05, 4.69) is 10.2 Å². The zero-order valence-corrected chi connectivity index (χ0v) is 16.7. The minimum absolute atomic E-state index is 0. The molecule has 4 rings (SSSR count). The van der Waals surface area contributed by atoms with Crippen molar-refractivity contribution in [1.82, 2.24) is 9.62 Å². The number of halogens is 1. The van der Waals surface area contributed by atoms with E-state index in [-0.39, 0.29) is 12.4 Å². The first-order valence-electron chi connectivity index (χ1n) is 9.34. The lowest BCUT2D eigenvalue weighted by atomic mass is 10.0. The number of rotatable bonds is 3. The van der Waals surface area contributed by atoms with Gasteiger partial charge in [-0.1, -0.05) is 6.07 Å². The minimum Gasteiger partial charge on any atom is -0.380 e. The van der Waals surface area contributed by atoms with Gasteiger partial charge in [0.1, 0.15) is 0 Å². The smallest absolute Gasteiger partial charge is 0.243 e. The molecule has 0 amide bonds.